The summed E-state index contributed by atoms with van der Waals surface area (Å²) in [6.07, 6.45) is 3.10. The van der Waals surface area contributed by atoms with Crippen LogP contribution in [-0.2, 0) is 9.53 Å². The Morgan fingerprint density at radius 3 is 2.17 bits per heavy atom. The van der Waals surface area contributed by atoms with Crippen molar-refractivity contribution in [2.24, 2.45) is 5.41 Å². The molecule has 2 aromatic carbocycles. The van der Waals surface area contributed by atoms with Crippen LogP contribution in [0, 0.1) is 5.41 Å². The van der Waals surface area contributed by atoms with Gasteiger partial charge in [-0.25, -0.2) is 4.79 Å². The predicted octanol–water partition coefficient (Wildman–Crippen LogP) is 3.65. The van der Waals surface area contributed by atoms with E-state index in [0.717, 1.165) is 0 Å². The molecule has 0 spiro atoms. The molecular weight excluding hydrogens is 370 g/mol. The molecule has 0 fully saturated rings. The van der Waals surface area contributed by atoms with Gasteiger partial charge in [-0.1, -0.05) is 20.8 Å². The summed E-state index contributed by atoms with van der Waals surface area (Å²) in [4.78, 5) is 44.8. The molecule has 29 heavy (non-hydrogen) atoms. The fraction of sp³-hybridized carbons (Fsp3) is 0.227. The first-order valence-corrected chi connectivity index (χ1v) is 9.07. The molecule has 0 aliphatic rings. The number of benzene rings is 2. The Morgan fingerprint density at radius 1 is 0.897 bits per heavy atom. The molecule has 0 unspecified atom stereocenters. The molecule has 1 amide bonds. The average molecular weight is 391 g/mol. The number of ether oxygens (including phenoxy) is 1. The van der Waals surface area contributed by atoms with Gasteiger partial charge in [0.15, 0.2) is 12.4 Å². The number of Topliss-reactive ketones (excluding diaryl/α,β-unsaturated/α-hetero) is 1. The van der Waals surface area contributed by atoms with Crippen LogP contribution in [0.1, 0.15) is 41.5 Å². The van der Waals surface area contributed by atoms with Gasteiger partial charge in [-0.05, 0) is 42.5 Å². The summed E-state index contributed by atoms with van der Waals surface area (Å²) in [7, 11) is 0. The Hall–Kier alpha value is -3.61. The first kappa shape index (κ1) is 20.1. The van der Waals surface area contributed by atoms with E-state index in [1.165, 1.54) is 6.20 Å². The van der Waals surface area contributed by atoms with Crippen molar-refractivity contribution in [2.75, 3.05) is 11.9 Å². The maximum atomic E-state index is 12.3. The third-order valence-electron chi connectivity index (χ3n) is 4.19. The zero-order valence-electron chi connectivity index (χ0n) is 16.4. The fourth-order valence-electron chi connectivity index (χ4n) is 2.45. The molecule has 0 saturated heterocycles. The zero-order valence-corrected chi connectivity index (χ0v) is 16.4. The van der Waals surface area contributed by atoms with E-state index in [0.29, 0.717) is 27.8 Å². The van der Waals surface area contributed by atoms with Crippen LogP contribution in [-0.4, -0.2) is 34.2 Å². The molecular formula is C22H21N3O4. The van der Waals surface area contributed by atoms with E-state index in [1.54, 1.807) is 48.7 Å². The van der Waals surface area contributed by atoms with Crippen LogP contribution in [0.2, 0.25) is 0 Å². The molecule has 0 bridgehead atoms. The summed E-state index contributed by atoms with van der Waals surface area (Å²) in [5.74, 6) is -1.07. The van der Waals surface area contributed by atoms with Crippen molar-refractivity contribution >= 4 is 34.4 Å². The maximum Gasteiger partial charge on any atom is 0.338 e. The molecule has 7 nitrogen and oxygen atoms in total. The number of anilines is 1. The van der Waals surface area contributed by atoms with Crippen molar-refractivity contribution in [3.8, 4) is 0 Å². The van der Waals surface area contributed by atoms with Gasteiger partial charge in [-0.3, -0.25) is 19.6 Å². The number of amides is 1. The van der Waals surface area contributed by atoms with Crippen molar-refractivity contribution in [2.45, 2.75) is 20.8 Å². The standard InChI is InChI=1S/C22H21N3O4/c1-22(2,3)21(28)25-16-7-4-14(5-8-16)19(26)13-29-20(27)15-6-9-17-18(12-15)24-11-10-23-17/h4-12H,13H2,1-3H3,(H,25,28). The molecule has 0 aliphatic heterocycles. The monoisotopic (exact) mass is 391 g/mol. The lowest BCUT2D eigenvalue weighted by molar-refractivity contribution is -0.123. The van der Waals surface area contributed by atoms with Gasteiger partial charge in [0, 0.05) is 29.1 Å². The number of hydrogen-bond donors (Lipinski definition) is 1. The lowest BCUT2D eigenvalue weighted by Crippen LogP contribution is -2.27. The number of carbonyl (C=O) groups is 3. The molecule has 148 valence electrons. The lowest BCUT2D eigenvalue weighted by atomic mass is 9.95. The molecule has 3 aromatic rings. The second kappa shape index (κ2) is 8.18. The Balaban J connectivity index is 1.59. The minimum absolute atomic E-state index is 0.120. The van der Waals surface area contributed by atoms with Crippen molar-refractivity contribution < 1.29 is 19.1 Å². The minimum Gasteiger partial charge on any atom is -0.454 e. The highest BCUT2D eigenvalue weighted by Crippen LogP contribution is 2.18. The van der Waals surface area contributed by atoms with Crippen molar-refractivity contribution in [3.63, 3.8) is 0 Å². The van der Waals surface area contributed by atoms with Crippen molar-refractivity contribution in [1.82, 2.24) is 9.97 Å². The number of esters is 1. The van der Waals surface area contributed by atoms with Crippen molar-refractivity contribution in [1.29, 1.82) is 0 Å². The van der Waals surface area contributed by atoms with E-state index in [9.17, 15) is 14.4 Å². The Labute approximate surface area is 168 Å². The van der Waals surface area contributed by atoms with E-state index in [2.05, 4.69) is 15.3 Å². The Morgan fingerprint density at radius 2 is 1.52 bits per heavy atom. The maximum absolute atomic E-state index is 12.3. The average Bonchev–Trinajstić information content (AvgIpc) is 2.71. The molecule has 7 heteroatoms. The molecule has 0 aliphatic carbocycles. The van der Waals surface area contributed by atoms with Gasteiger partial charge < -0.3 is 10.1 Å². The summed E-state index contributed by atoms with van der Waals surface area (Å²) in [6.45, 7) is 5.06. The number of nitrogens with zero attached hydrogens (tertiary/aromatic N) is 2. The largest absolute Gasteiger partial charge is 0.454 e. The van der Waals surface area contributed by atoms with Gasteiger partial charge in [0.25, 0.3) is 0 Å². The summed E-state index contributed by atoms with van der Waals surface area (Å²) >= 11 is 0. The van der Waals surface area contributed by atoms with E-state index in [-0.39, 0.29) is 18.3 Å². The number of ketones is 1. The SMILES string of the molecule is CC(C)(C)C(=O)Nc1ccc(C(=O)COC(=O)c2ccc3nccnc3c2)cc1. The summed E-state index contributed by atoms with van der Waals surface area (Å²) in [5, 5.41) is 2.79. The van der Waals surface area contributed by atoms with Crippen LogP contribution in [0.4, 0.5) is 5.69 Å². The normalized spacial score (nSPS) is 11.1. The number of rotatable bonds is 5. The topological polar surface area (TPSA) is 98.2 Å². The van der Waals surface area contributed by atoms with Gasteiger partial charge in [0.1, 0.15) is 0 Å². The van der Waals surface area contributed by atoms with Crippen LogP contribution >= 0.6 is 0 Å². The molecule has 3 rings (SSSR count). The number of nitrogens with one attached hydrogen (secondary N) is 1. The molecule has 0 saturated carbocycles. The summed E-state index contributed by atoms with van der Waals surface area (Å²) < 4.78 is 5.13. The zero-order chi connectivity index (χ0) is 21.0. The van der Waals surface area contributed by atoms with E-state index >= 15 is 0 Å². The number of carbonyl (C=O) groups excluding carboxylic acids is 3. The van der Waals surface area contributed by atoms with Crippen LogP contribution in [0.25, 0.3) is 11.0 Å². The van der Waals surface area contributed by atoms with Crippen molar-refractivity contribution in [3.05, 3.63) is 66.0 Å². The van der Waals surface area contributed by atoms with Crippen LogP contribution in [0.5, 0.6) is 0 Å². The molecule has 1 N–H and O–H groups in total. The van der Waals surface area contributed by atoms with Gasteiger partial charge >= 0.3 is 5.97 Å². The lowest BCUT2D eigenvalue weighted by Gasteiger charge is -2.17. The number of hydrogen-bond acceptors (Lipinski definition) is 6. The smallest absolute Gasteiger partial charge is 0.338 e. The quantitative estimate of drug-likeness (QED) is 0.526. The highest BCUT2D eigenvalue weighted by Gasteiger charge is 2.21. The van der Waals surface area contributed by atoms with Crippen LogP contribution in [0.15, 0.2) is 54.9 Å². The highest BCUT2D eigenvalue weighted by molar-refractivity contribution is 6.01. The Kier molecular flexibility index (Phi) is 5.68. The van der Waals surface area contributed by atoms with E-state index in [1.807, 2.05) is 20.8 Å². The van der Waals surface area contributed by atoms with E-state index < -0.39 is 11.4 Å². The van der Waals surface area contributed by atoms with Gasteiger partial charge in [0.05, 0.1) is 16.6 Å². The van der Waals surface area contributed by atoms with Gasteiger partial charge in [-0.2, -0.15) is 0 Å². The summed E-state index contributed by atoms with van der Waals surface area (Å²) in [5.41, 5.74) is 1.99. The highest BCUT2D eigenvalue weighted by atomic mass is 16.5. The van der Waals surface area contributed by atoms with Gasteiger partial charge in [-0.15, -0.1) is 0 Å². The van der Waals surface area contributed by atoms with Crippen LogP contribution < -0.4 is 5.32 Å². The number of aromatic nitrogens is 2. The molecule has 0 radical (unpaired) electrons. The van der Waals surface area contributed by atoms with E-state index in [4.69, 9.17) is 4.74 Å². The second-order valence-electron chi connectivity index (χ2n) is 7.54. The third kappa shape index (κ3) is 5.01. The summed E-state index contributed by atoms with van der Waals surface area (Å²) in [6, 6.07) is 11.3. The first-order valence-electron chi connectivity index (χ1n) is 9.07. The molecule has 0 atom stereocenters. The minimum atomic E-state index is -0.611. The van der Waals surface area contributed by atoms with Crippen LogP contribution in [0.3, 0.4) is 0 Å². The first-order chi connectivity index (χ1) is 13.7. The fourth-order valence-corrected chi connectivity index (χ4v) is 2.45. The molecule has 1 aromatic heterocycles. The second-order valence-corrected chi connectivity index (χ2v) is 7.54. The third-order valence-corrected chi connectivity index (χ3v) is 4.19. The number of fused-ring (bicyclic) bond motifs is 1. The molecule has 1 heterocycles. The van der Waals surface area contributed by atoms with Gasteiger partial charge in [0.2, 0.25) is 5.91 Å². The predicted molar refractivity (Wildman–Crippen MR) is 109 cm³/mol. The Bertz CT molecular complexity index is 1070.